The molecule has 96 valence electrons. The number of halogens is 1. The summed E-state index contributed by atoms with van der Waals surface area (Å²) in [5.74, 6) is 0.273. The molecule has 17 heavy (non-hydrogen) atoms. The average molecular weight is 260 g/mol. The fraction of sp³-hybridized carbons (Fsp3) is 0.636. The minimum absolute atomic E-state index is 0.197. The van der Waals surface area contributed by atoms with Gasteiger partial charge in [-0.05, 0) is 0 Å². The predicted octanol–water partition coefficient (Wildman–Crippen LogP) is 2.43. The Morgan fingerprint density at radius 3 is 2.29 bits per heavy atom. The van der Waals surface area contributed by atoms with E-state index in [1.807, 2.05) is 20.8 Å². The van der Waals surface area contributed by atoms with E-state index in [4.69, 9.17) is 16.3 Å². The molecule has 0 aliphatic carbocycles. The topological polar surface area (TPSA) is 47.4 Å². The first-order valence-corrected chi connectivity index (χ1v) is 5.64. The molecular formula is C11H18ClN3O2. The first-order valence-electron chi connectivity index (χ1n) is 5.26. The average Bonchev–Trinajstić information content (AvgIpc) is 2.44. The molecular weight excluding hydrogens is 242 g/mol. The third-order valence-electron chi connectivity index (χ3n) is 2.20. The number of hydrogen-bond donors (Lipinski definition) is 0. The second-order valence-electron chi connectivity index (χ2n) is 5.10. The number of carbonyl (C=O) groups excluding carboxylic acids is 1. The van der Waals surface area contributed by atoms with Gasteiger partial charge >= 0.3 is 6.09 Å². The summed E-state index contributed by atoms with van der Waals surface area (Å²) in [5.41, 5.74) is 0.515. The van der Waals surface area contributed by atoms with Crippen LogP contribution in [0.15, 0.2) is 0 Å². The van der Waals surface area contributed by atoms with Crippen molar-refractivity contribution in [1.29, 1.82) is 0 Å². The van der Waals surface area contributed by atoms with E-state index in [-0.39, 0.29) is 11.3 Å². The van der Waals surface area contributed by atoms with Crippen molar-refractivity contribution in [2.75, 3.05) is 14.1 Å². The molecule has 1 aromatic heterocycles. The van der Waals surface area contributed by atoms with Crippen LogP contribution >= 0.6 is 11.6 Å². The van der Waals surface area contributed by atoms with Gasteiger partial charge in [0.2, 0.25) is 5.88 Å². The Morgan fingerprint density at radius 1 is 1.41 bits per heavy atom. The van der Waals surface area contributed by atoms with Crippen LogP contribution < -0.4 is 4.74 Å². The molecule has 0 spiro atoms. The lowest BCUT2D eigenvalue weighted by Crippen LogP contribution is -2.26. The zero-order chi connectivity index (χ0) is 13.4. The van der Waals surface area contributed by atoms with Crippen LogP contribution in [0.3, 0.4) is 0 Å². The molecule has 0 radical (unpaired) electrons. The molecule has 0 bridgehead atoms. The Bertz CT molecular complexity index is 433. The van der Waals surface area contributed by atoms with Gasteiger partial charge in [0.15, 0.2) is 0 Å². The third-order valence-corrected chi connectivity index (χ3v) is 2.54. The van der Waals surface area contributed by atoms with Crippen molar-refractivity contribution < 1.29 is 9.53 Å². The highest BCUT2D eigenvalue weighted by Crippen LogP contribution is 2.35. The summed E-state index contributed by atoms with van der Waals surface area (Å²) in [6, 6.07) is 0. The van der Waals surface area contributed by atoms with E-state index in [1.165, 1.54) is 9.58 Å². The maximum absolute atomic E-state index is 11.5. The molecule has 1 aromatic rings. The van der Waals surface area contributed by atoms with E-state index >= 15 is 0 Å². The zero-order valence-electron chi connectivity index (χ0n) is 11.0. The van der Waals surface area contributed by atoms with Gasteiger partial charge < -0.3 is 9.64 Å². The number of carbonyl (C=O) groups is 1. The van der Waals surface area contributed by atoms with Gasteiger partial charge in [-0.25, -0.2) is 9.48 Å². The summed E-state index contributed by atoms with van der Waals surface area (Å²) < 4.78 is 6.65. The van der Waals surface area contributed by atoms with Crippen LogP contribution in [0.4, 0.5) is 4.79 Å². The summed E-state index contributed by atoms with van der Waals surface area (Å²) in [7, 11) is 4.91. The molecule has 0 unspecified atom stereocenters. The zero-order valence-corrected chi connectivity index (χ0v) is 11.8. The molecule has 0 saturated carbocycles. The first kappa shape index (κ1) is 13.8. The first-order chi connectivity index (χ1) is 7.64. The van der Waals surface area contributed by atoms with Crippen molar-refractivity contribution in [3.63, 3.8) is 0 Å². The SMILES string of the molecule is CN(C)C(=O)Oc1c(Cl)c(C(C)(C)C)nn1C. The summed E-state index contributed by atoms with van der Waals surface area (Å²) in [6.45, 7) is 6.00. The van der Waals surface area contributed by atoms with Crippen molar-refractivity contribution in [2.45, 2.75) is 26.2 Å². The van der Waals surface area contributed by atoms with E-state index in [1.54, 1.807) is 21.1 Å². The number of rotatable bonds is 1. The lowest BCUT2D eigenvalue weighted by Gasteiger charge is -2.15. The normalized spacial score (nSPS) is 11.5. The summed E-state index contributed by atoms with van der Waals surface area (Å²) in [4.78, 5) is 12.8. The minimum atomic E-state index is -0.477. The van der Waals surface area contributed by atoms with Crippen LogP contribution in [-0.4, -0.2) is 34.9 Å². The lowest BCUT2D eigenvalue weighted by molar-refractivity contribution is 0.168. The van der Waals surface area contributed by atoms with Gasteiger partial charge in [0, 0.05) is 26.6 Å². The Morgan fingerprint density at radius 2 is 1.94 bits per heavy atom. The van der Waals surface area contributed by atoms with Crippen LogP contribution in [-0.2, 0) is 12.5 Å². The van der Waals surface area contributed by atoms with Crippen LogP contribution in [0.2, 0.25) is 5.02 Å². The van der Waals surface area contributed by atoms with Gasteiger partial charge in [-0.2, -0.15) is 5.10 Å². The van der Waals surface area contributed by atoms with E-state index in [2.05, 4.69) is 5.10 Å². The second kappa shape index (κ2) is 4.56. The van der Waals surface area contributed by atoms with E-state index in [0.717, 1.165) is 0 Å². The van der Waals surface area contributed by atoms with Crippen molar-refractivity contribution in [1.82, 2.24) is 14.7 Å². The highest BCUT2D eigenvalue weighted by molar-refractivity contribution is 6.32. The van der Waals surface area contributed by atoms with Crippen LogP contribution in [0.25, 0.3) is 0 Å². The van der Waals surface area contributed by atoms with Gasteiger partial charge in [-0.15, -0.1) is 0 Å². The third kappa shape index (κ3) is 2.91. The van der Waals surface area contributed by atoms with Crippen molar-refractivity contribution >= 4 is 17.7 Å². The number of hydrogen-bond acceptors (Lipinski definition) is 3. The molecule has 0 fully saturated rings. The largest absolute Gasteiger partial charge is 0.416 e. The Labute approximate surface area is 106 Å². The van der Waals surface area contributed by atoms with Gasteiger partial charge in [0.25, 0.3) is 0 Å². The lowest BCUT2D eigenvalue weighted by atomic mass is 9.92. The van der Waals surface area contributed by atoms with Gasteiger partial charge in [-0.1, -0.05) is 32.4 Å². The minimum Gasteiger partial charge on any atom is -0.390 e. The van der Waals surface area contributed by atoms with Crippen molar-refractivity contribution in [3.8, 4) is 5.88 Å². The quantitative estimate of drug-likeness (QED) is 0.778. The van der Waals surface area contributed by atoms with Gasteiger partial charge in [0.1, 0.15) is 5.02 Å². The predicted molar refractivity (Wildman–Crippen MR) is 66.6 cm³/mol. The molecule has 0 saturated heterocycles. The highest BCUT2D eigenvalue weighted by Gasteiger charge is 2.27. The number of aromatic nitrogens is 2. The van der Waals surface area contributed by atoms with Crippen LogP contribution in [0.1, 0.15) is 26.5 Å². The molecule has 0 atom stereocenters. The molecule has 0 N–H and O–H groups in total. The van der Waals surface area contributed by atoms with Crippen molar-refractivity contribution in [2.24, 2.45) is 7.05 Å². The number of aryl methyl sites for hydroxylation is 1. The molecule has 1 amide bonds. The molecule has 0 aliphatic rings. The Kier molecular flexibility index (Phi) is 3.71. The highest BCUT2D eigenvalue weighted by atomic mass is 35.5. The maximum atomic E-state index is 11.5. The monoisotopic (exact) mass is 259 g/mol. The van der Waals surface area contributed by atoms with Crippen LogP contribution in [0, 0.1) is 0 Å². The molecule has 0 aliphatic heterocycles. The van der Waals surface area contributed by atoms with Crippen LogP contribution in [0.5, 0.6) is 5.88 Å². The number of ether oxygens (including phenoxy) is 1. The summed E-state index contributed by atoms with van der Waals surface area (Å²) >= 11 is 6.18. The molecule has 1 rings (SSSR count). The summed E-state index contributed by atoms with van der Waals surface area (Å²) in [5, 5.41) is 4.67. The standard InChI is InChI=1S/C11H18ClN3O2/c1-11(2,3)8-7(12)9(15(6)13-8)17-10(16)14(4)5/h1-6H3. The smallest absolute Gasteiger partial charge is 0.390 e. The molecule has 0 aromatic carbocycles. The summed E-state index contributed by atoms with van der Waals surface area (Å²) in [6.07, 6.45) is -0.477. The molecule has 6 heteroatoms. The molecule has 5 nitrogen and oxygen atoms in total. The Balaban J connectivity index is 3.11. The fourth-order valence-electron chi connectivity index (χ4n) is 1.25. The van der Waals surface area contributed by atoms with E-state index in [9.17, 15) is 4.79 Å². The van der Waals surface area contributed by atoms with Gasteiger partial charge in [-0.3, -0.25) is 0 Å². The van der Waals surface area contributed by atoms with Gasteiger partial charge in [0.05, 0.1) is 5.69 Å². The number of amides is 1. The fourth-order valence-corrected chi connectivity index (χ4v) is 1.73. The van der Waals surface area contributed by atoms with E-state index < -0.39 is 6.09 Å². The maximum Gasteiger partial charge on any atom is 0.416 e. The number of nitrogens with zero attached hydrogens (tertiary/aromatic N) is 3. The molecule has 1 heterocycles. The van der Waals surface area contributed by atoms with E-state index in [0.29, 0.717) is 10.7 Å². The van der Waals surface area contributed by atoms with Crippen molar-refractivity contribution in [3.05, 3.63) is 10.7 Å². The Hall–Kier alpha value is -1.23. The second-order valence-corrected chi connectivity index (χ2v) is 5.48.